The molecule has 0 bridgehead atoms. The van der Waals surface area contributed by atoms with Gasteiger partial charge in [-0.05, 0) is 24.6 Å². The van der Waals surface area contributed by atoms with Crippen molar-refractivity contribution in [2.24, 2.45) is 0 Å². The molecule has 0 aromatic heterocycles. The number of nitrogen functional groups attached to an aromatic ring is 1. The summed E-state index contributed by atoms with van der Waals surface area (Å²) in [5.41, 5.74) is 5.82. The summed E-state index contributed by atoms with van der Waals surface area (Å²) in [6.07, 6.45) is 0.506. The van der Waals surface area contributed by atoms with Crippen LogP contribution in [0, 0.1) is 0 Å². The Morgan fingerprint density at radius 3 is 2.65 bits per heavy atom. The molecule has 7 heteroatoms. The third-order valence-corrected chi connectivity index (χ3v) is 4.38. The summed E-state index contributed by atoms with van der Waals surface area (Å²) < 4.78 is 27.1. The van der Waals surface area contributed by atoms with Crippen molar-refractivity contribution in [1.29, 1.82) is 0 Å². The van der Waals surface area contributed by atoms with Crippen molar-refractivity contribution in [3.8, 4) is 0 Å². The minimum atomic E-state index is -3.69. The van der Waals surface area contributed by atoms with Crippen molar-refractivity contribution in [2.45, 2.75) is 24.3 Å². The summed E-state index contributed by atoms with van der Waals surface area (Å²) in [5.74, 6) is 0. The fourth-order valence-electron chi connectivity index (χ4n) is 1.30. The van der Waals surface area contributed by atoms with Crippen molar-refractivity contribution in [3.05, 3.63) is 22.7 Å². The van der Waals surface area contributed by atoms with Crippen LogP contribution in [0.3, 0.4) is 0 Å². The smallest absolute Gasteiger partial charge is 0.242 e. The summed E-state index contributed by atoms with van der Waals surface area (Å²) in [7, 11) is -3.69. The average molecular weight is 323 g/mol. The third-order valence-electron chi connectivity index (χ3n) is 2.30. The van der Waals surface area contributed by atoms with E-state index in [0.717, 1.165) is 0 Å². The fourth-order valence-corrected chi connectivity index (χ4v) is 3.10. The topological polar surface area (TPSA) is 92.4 Å². The molecule has 1 aromatic carbocycles. The Hall–Kier alpha value is -0.630. The minimum Gasteiger partial charge on any atom is -0.398 e. The van der Waals surface area contributed by atoms with Crippen LogP contribution in [0.5, 0.6) is 0 Å². The molecule has 4 N–H and O–H groups in total. The van der Waals surface area contributed by atoms with Crippen molar-refractivity contribution in [1.82, 2.24) is 4.72 Å². The Bertz CT molecular complexity index is 486. The maximum Gasteiger partial charge on any atom is 0.242 e. The Morgan fingerprint density at radius 1 is 1.53 bits per heavy atom. The zero-order valence-corrected chi connectivity index (χ0v) is 11.8. The lowest BCUT2D eigenvalue weighted by Gasteiger charge is -2.15. The molecule has 0 aliphatic carbocycles. The normalized spacial score (nSPS) is 13.6. The first kappa shape index (κ1) is 14.4. The van der Waals surface area contributed by atoms with Gasteiger partial charge in [-0.15, -0.1) is 0 Å². The molecular formula is C10H15BrN2O3S. The van der Waals surface area contributed by atoms with Crippen LogP contribution < -0.4 is 10.5 Å². The molecule has 0 spiro atoms. The lowest BCUT2D eigenvalue weighted by atomic mass is 10.3. The maximum atomic E-state index is 12.0. The van der Waals surface area contributed by atoms with E-state index in [1.165, 1.54) is 12.1 Å². The standard InChI is InChI=1S/C10H15BrN2O3S/c1-2-8(6-14)13-17(15,16)10-4-3-7(11)5-9(10)12/h3-5,8,13-14H,2,6,12H2,1H3/t8-/m1/s1. The number of halogens is 1. The molecule has 17 heavy (non-hydrogen) atoms. The van der Waals surface area contributed by atoms with Gasteiger partial charge < -0.3 is 10.8 Å². The van der Waals surface area contributed by atoms with Gasteiger partial charge in [0.2, 0.25) is 10.0 Å². The zero-order valence-electron chi connectivity index (χ0n) is 9.35. The molecule has 0 saturated heterocycles. The van der Waals surface area contributed by atoms with Crippen molar-refractivity contribution in [3.63, 3.8) is 0 Å². The molecule has 5 nitrogen and oxygen atoms in total. The van der Waals surface area contributed by atoms with E-state index in [1.54, 1.807) is 13.0 Å². The summed E-state index contributed by atoms with van der Waals surface area (Å²) in [6.45, 7) is 1.54. The van der Waals surface area contributed by atoms with Gasteiger partial charge in [-0.25, -0.2) is 13.1 Å². The van der Waals surface area contributed by atoms with Crippen LogP contribution in [-0.2, 0) is 10.0 Å². The molecule has 0 fully saturated rings. The van der Waals surface area contributed by atoms with Crippen LogP contribution in [0.15, 0.2) is 27.6 Å². The number of benzene rings is 1. The number of rotatable bonds is 5. The maximum absolute atomic E-state index is 12.0. The molecule has 1 rings (SSSR count). The molecule has 0 aliphatic rings. The van der Waals surface area contributed by atoms with Crippen LogP contribution in [0.4, 0.5) is 5.69 Å². The zero-order chi connectivity index (χ0) is 13.1. The Labute approximate surface area is 109 Å². The van der Waals surface area contributed by atoms with E-state index >= 15 is 0 Å². The molecule has 1 atom stereocenters. The monoisotopic (exact) mass is 322 g/mol. The van der Waals surface area contributed by atoms with Crippen molar-refractivity contribution < 1.29 is 13.5 Å². The van der Waals surface area contributed by atoms with Crippen molar-refractivity contribution >= 4 is 31.6 Å². The fraction of sp³-hybridized carbons (Fsp3) is 0.400. The van der Waals surface area contributed by atoms with Gasteiger partial charge in [0, 0.05) is 10.5 Å². The molecule has 0 saturated carbocycles. The number of anilines is 1. The van der Waals surface area contributed by atoms with E-state index in [-0.39, 0.29) is 17.2 Å². The van der Waals surface area contributed by atoms with Crippen LogP contribution in [0.1, 0.15) is 13.3 Å². The van der Waals surface area contributed by atoms with E-state index in [1.807, 2.05) is 0 Å². The molecule has 0 heterocycles. The number of hydrogen-bond donors (Lipinski definition) is 3. The first-order valence-corrected chi connectivity index (χ1v) is 7.36. The highest BCUT2D eigenvalue weighted by molar-refractivity contribution is 9.10. The predicted molar refractivity (Wildman–Crippen MR) is 70.0 cm³/mol. The largest absolute Gasteiger partial charge is 0.398 e. The first-order chi connectivity index (χ1) is 7.90. The van der Waals surface area contributed by atoms with Gasteiger partial charge in [-0.2, -0.15) is 0 Å². The second-order valence-electron chi connectivity index (χ2n) is 3.59. The predicted octanol–water partition coefficient (Wildman–Crippen LogP) is 1.08. The summed E-state index contributed by atoms with van der Waals surface area (Å²) in [6, 6.07) is 4.05. The summed E-state index contributed by atoms with van der Waals surface area (Å²) >= 11 is 3.21. The second-order valence-corrected chi connectivity index (χ2v) is 6.19. The first-order valence-electron chi connectivity index (χ1n) is 5.09. The Morgan fingerprint density at radius 2 is 2.18 bits per heavy atom. The number of sulfonamides is 1. The molecule has 1 aromatic rings. The summed E-state index contributed by atoms with van der Waals surface area (Å²) in [4.78, 5) is 0.0209. The van der Waals surface area contributed by atoms with E-state index in [0.29, 0.717) is 10.9 Å². The van der Waals surface area contributed by atoms with E-state index in [9.17, 15) is 8.42 Å². The molecule has 0 amide bonds. The molecule has 0 unspecified atom stereocenters. The van der Waals surface area contributed by atoms with Gasteiger partial charge in [-0.1, -0.05) is 22.9 Å². The van der Waals surface area contributed by atoms with Gasteiger partial charge in [0.1, 0.15) is 4.90 Å². The van der Waals surface area contributed by atoms with Crippen molar-refractivity contribution in [2.75, 3.05) is 12.3 Å². The summed E-state index contributed by atoms with van der Waals surface area (Å²) in [5, 5.41) is 8.98. The number of nitrogens with one attached hydrogen (secondary N) is 1. The van der Waals surface area contributed by atoms with Crippen LogP contribution in [0.25, 0.3) is 0 Å². The minimum absolute atomic E-state index is 0.0209. The van der Waals surface area contributed by atoms with Gasteiger partial charge in [0.25, 0.3) is 0 Å². The van der Waals surface area contributed by atoms with E-state index in [4.69, 9.17) is 10.8 Å². The van der Waals surface area contributed by atoms with Gasteiger partial charge >= 0.3 is 0 Å². The average Bonchev–Trinajstić information content (AvgIpc) is 2.25. The lowest BCUT2D eigenvalue weighted by molar-refractivity contribution is 0.254. The Kier molecular flexibility index (Phi) is 4.93. The lowest BCUT2D eigenvalue weighted by Crippen LogP contribution is -2.37. The van der Waals surface area contributed by atoms with Crippen LogP contribution in [0.2, 0.25) is 0 Å². The highest BCUT2D eigenvalue weighted by Gasteiger charge is 2.20. The molecule has 96 valence electrons. The number of aliphatic hydroxyl groups excluding tert-OH is 1. The van der Waals surface area contributed by atoms with Crippen LogP contribution in [-0.4, -0.2) is 26.2 Å². The van der Waals surface area contributed by atoms with E-state index in [2.05, 4.69) is 20.7 Å². The third kappa shape index (κ3) is 3.67. The van der Waals surface area contributed by atoms with E-state index < -0.39 is 16.1 Å². The van der Waals surface area contributed by atoms with Gasteiger partial charge in [-0.3, -0.25) is 0 Å². The highest BCUT2D eigenvalue weighted by Crippen LogP contribution is 2.22. The van der Waals surface area contributed by atoms with Gasteiger partial charge in [0.05, 0.1) is 12.3 Å². The Balaban J connectivity index is 3.05. The second kappa shape index (κ2) is 5.81. The number of nitrogens with two attached hydrogens (primary N) is 1. The molecule has 0 aliphatic heterocycles. The SMILES string of the molecule is CC[C@H](CO)NS(=O)(=O)c1ccc(Br)cc1N. The number of aliphatic hydroxyl groups is 1. The number of hydrogen-bond acceptors (Lipinski definition) is 4. The highest BCUT2D eigenvalue weighted by atomic mass is 79.9. The van der Waals surface area contributed by atoms with Gasteiger partial charge in [0.15, 0.2) is 0 Å². The molecule has 0 radical (unpaired) electrons. The van der Waals surface area contributed by atoms with Crippen LogP contribution >= 0.6 is 15.9 Å². The molecular weight excluding hydrogens is 308 g/mol. The quantitative estimate of drug-likeness (QED) is 0.707.